The number of aromatic nitrogens is 5. The van der Waals surface area contributed by atoms with Crippen molar-refractivity contribution in [2.45, 2.75) is 26.2 Å². The Balaban J connectivity index is 1.64. The number of carboxylic acids is 1. The van der Waals surface area contributed by atoms with Crippen LogP contribution in [0.2, 0.25) is 0 Å². The van der Waals surface area contributed by atoms with E-state index in [0.717, 1.165) is 28.7 Å². The quantitative estimate of drug-likeness (QED) is 0.494. The summed E-state index contributed by atoms with van der Waals surface area (Å²) in [6, 6.07) is 15.8. The minimum atomic E-state index is -1.10. The normalized spacial score (nSPS) is 10.9. The zero-order valence-corrected chi connectivity index (χ0v) is 15.8. The second kappa shape index (κ2) is 8.05. The third-order valence-electron chi connectivity index (χ3n) is 4.71. The SMILES string of the molecule is CCCc1noc(C(=O)O)c1Cc1ccc(-c2ccccc2-c2nn[nH]n2)cc1. The minimum Gasteiger partial charge on any atom is -0.475 e. The second-order valence-corrected chi connectivity index (χ2v) is 6.65. The molecule has 0 saturated carbocycles. The van der Waals surface area contributed by atoms with Crippen LogP contribution in [0.25, 0.3) is 22.5 Å². The van der Waals surface area contributed by atoms with E-state index in [4.69, 9.17) is 4.52 Å². The Kier molecular flexibility index (Phi) is 5.15. The smallest absolute Gasteiger partial charge is 0.375 e. The lowest BCUT2D eigenvalue weighted by Gasteiger charge is -2.08. The summed E-state index contributed by atoms with van der Waals surface area (Å²) in [4.78, 5) is 11.5. The number of aromatic amines is 1. The van der Waals surface area contributed by atoms with Crippen LogP contribution in [0.1, 0.15) is 40.7 Å². The van der Waals surface area contributed by atoms with Crippen molar-refractivity contribution in [2.24, 2.45) is 0 Å². The van der Waals surface area contributed by atoms with E-state index in [9.17, 15) is 9.90 Å². The highest BCUT2D eigenvalue weighted by Crippen LogP contribution is 2.30. The Morgan fingerprint density at radius 2 is 1.86 bits per heavy atom. The number of rotatable bonds is 7. The van der Waals surface area contributed by atoms with Crippen molar-refractivity contribution < 1.29 is 14.4 Å². The molecule has 2 heterocycles. The van der Waals surface area contributed by atoms with E-state index in [1.807, 2.05) is 55.5 Å². The van der Waals surface area contributed by atoms with Gasteiger partial charge in [-0.2, -0.15) is 5.21 Å². The summed E-state index contributed by atoms with van der Waals surface area (Å²) in [5.74, 6) is -0.648. The fraction of sp³-hybridized carbons (Fsp3) is 0.190. The molecule has 0 bridgehead atoms. The van der Waals surface area contributed by atoms with Crippen LogP contribution in [0, 0.1) is 0 Å². The van der Waals surface area contributed by atoms with E-state index in [2.05, 4.69) is 25.8 Å². The van der Waals surface area contributed by atoms with Crippen molar-refractivity contribution in [2.75, 3.05) is 0 Å². The summed E-state index contributed by atoms with van der Waals surface area (Å²) in [7, 11) is 0. The zero-order chi connectivity index (χ0) is 20.2. The van der Waals surface area contributed by atoms with Gasteiger partial charge in [-0.05, 0) is 28.3 Å². The number of nitrogens with one attached hydrogen (secondary N) is 1. The molecule has 4 rings (SSSR count). The lowest BCUT2D eigenvalue weighted by molar-refractivity contribution is 0.0650. The Hall–Kier alpha value is -3.81. The maximum absolute atomic E-state index is 11.5. The molecule has 0 atom stereocenters. The molecule has 0 fully saturated rings. The average molecular weight is 389 g/mol. The molecule has 0 saturated heterocycles. The van der Waals surface area contributed by atoms with Gasteiger partial charge in [-0.15, -0.1) is 10.2 Å². The van der Waals surface area contributed by atoms with Crippen molar-refractivity contribution in [3.63, 3.8) is 0 Å². The minimum absolute atomic E-state index is 0.0834. The Bertz CT molecular complexity index is 1120. The average Bonchev–Trinajstić information content (AvgIpc) is 3.40. The Morgan fingerprint density at radius 3 is 2.52 bits per heavy atom. The number of tetrazole rings is 1. The highest BCUT2D eigenvalue weighted by Gasteiger charge is 2.21. The lowest BCUT2D eigenvalue weighted by atomic mass is 9.96. The molecule has 0 aliphatic heterocycles. The van der Waals surface area contributed by atoms with Gasteiger partial charge in [0.2, 0.25) is 11.6 Å². The predicted molar refractivity (Wildman–Crippen MR) is 105 cm³/mol. The van der Waals surface area contributed by atoms with Crippen LogP contribution in [-0.2, 0) is 12.8 Å². The molecule has 2 aromatic carbocycles. The molecule has 8 nitrogen and oxygen atoms in total. The number of aryl methyl sites for hydroxylation is 1. The topological polar surface area (TPSA) is 118 Å². The second-order valence-electron chi connectivity index (χ2n) is 6.65. The molecule has 0 aliphatic carbocycles. The third-order valence-corrected chi connectivity index (χ3v) is 4.71. The Labute approximate surface area is 166 Å². The molecule has 0 aliphatic rings. The number of carbonyl (C=O) groups is 1. The molecule has 0 unspecified atom stereocenters. The number of nitrogens with zero attached hydrogens (tertiary/aromatic N) is 4. The number of hydrogen-bond acceptors (Lipinski definition) is 6. The van der Waals surface area contributed by atoms with Gasteiger partial charge in [-0.3, -0.25) is 0 Å². The molecule has 0 amide bonds. The Morgan fingerprint density at radius 1 is 1.10 bits per heavy atom. The van der Waals surface area contributed by atoms with Gasteiger partial charge in [0.05, 0.1) is 5.69 Å². The fourth-order valence-corrected chi connectivity index (χ4v) is 3.34. The van der Waals surface area contributed by atoms with E-state index in [1.54, 1.807) is 0 Å². The first-order valence-corrected chi connectivity index (χ1v) is 9.30. The van der Waals surface area contributed by atoms with Crippen LogP contribution >= 0.6 is 0 Å². The van der Waals surface area contributed by atoms with Crippen LogP contribution in [-0.4, -0.2) is 36.9 Å². The van der Waals surface area contributed by atoms with Gasteiger partial charge in [0, 0.05) is 17.5 Å². The van der Waals surface area contributed by atoms with Gasteiger partial charge in [0.15, 0.2) is 0 Å². The molecule has 0 spiro atoms. The number of hydrogen-bond donors (Lipinski definition) is 2. The van der Waals surface area contributed by atoms with Gasteiger partial charge >= 0.3 is 5.97 Å². The zero-order valence-electron chi connectivity index (χ0n) is 15.8. The summed E-state index contributed by atoms with van der Waals surface area (Å²) in [5.41, 5.74) is 5.20. The van der Waals surface area contributed by atoms with Crippen LogP contribution in [0.4, 0.5) is 0 Å². The third kappa shape index (κ3) is 3.77. The fourth-order valence-electron chi connectivity index (χ4n) is 3.34. The standard InChI is InChI=1S/C21H19N5O3/c1-2-5-18-17(19(21(27)28)29-24-18)12-13-8-10-14(11-9-13)15-6-3-4-7-16(15)20-22-25-26-23-20/h3-4,6-11H,2,5,12H2,1H3,(H,27,28)(H,22,23,25,26). The predicted octanol–water partition coefficient (Wildman–Crippen LogP) is 3.76. The largest absolute Gasteiger partial charge is 0.475 e. The number of H-pyrrole nitrogens is 1. The first-order chi connectivity index (χ1) is 14.2. The molecule has 4 aromatic rings. The van der Waals surface area contributed by atoms with Crippen molar-refractivity contribution in [1.82, 2.24) is 25.8 Å². The summed E-state index contributed by atoms with van der Waals surface area (Å²) >= 11 is 0. The van der Waals surface area contributed by atoms with Crippen LogP contribution in [0.15, 0.2) is 53.1 Å². The maximum atomic E-state index is 11.5. The van der Waals surface area contributed by atoms with Crippen LogP contribution in [0.5, 0.6) is 0 Å². The van der Waals surface area contributed by atoms with E-state index in [-0.39, 0.29) is 5.76 Å². The van der Waals surface area contributed by atoms with Gasteiger partial charge < -0.3 is 9.63 Å². The summed E-state index contributed by atoms with van der Waals surface area (Å²) in [6.07, 6.45) is 2.00. The molecule has 0 radical (unpaired) electrons. The van der Waals surface area contributed by atoms with Gasteiger partial charge in [0.25, 0.3) is 0 Å². The summed E-state index contributed by atoms with van der Waals surface area (Å²) in [6.45, 7) is 2.02. The molecule has 8 heteroatoms. The number of carboxylic acid groups (broad SMARTS) is 1. The molecule has 146 valence electrons. The number of benzene rings is 2. The van der Waals surface area contributed by atoms with Gasteiger partial charge in [-0.1, -0.05) is 67.0 Å². The van der Waals surface area contributed by atoms with E-state index in [0.29, 0.717) is 29.9 Å². The van der Waals surface area contributed by atoms with E-state index < -0.39 is 5.97 Å². The molecule has 2 aromatic heterocycles. The lowest BCUT2D eigenvalue weighted by Crippen LogP contribution is -2.02. The van der Waals surface area contributed by atoms with Gasteiger partial charge in [-0.25, -0.2) is 4.79 Å². The summed E-state index contributed by atoms with van der Waals surface area (Å²) < 4.78 is 5.06. The number of aromatic carboxylic acids is 1. The van der Waals surface area contributed by atoms with Crippen molar-refractivity contribution in [1.29, 1.82) is 0 Å². The van der Waals surface area contributed by atoms with E-state index in [1.165, 1.54) is 0 Å². The highest BCUT2D eigenvalue weighted by molar-refractivity contribution is 5.86. The monoisotopic (exact) mass is 389 g/mol. The molecular weight excluding hydrogens is 370 g/mol. The van der Waals surface area contributed by atoms with Crippen LogP contribution in [0.3, 0.4) is 0 Å². The van der Waals surface area contributed by atoms with Gasteiger partial charge in [0.1, 0.15) is 0 Å². The molecule has 29 heavy (non-hydrogen) atoms. The summed E-state index contributed by atoms with van der Waals surface area (Å²) in [5, 5.41) is 27.6. The highest BCUT2D eigenvalue weighted by atomic mass is 16.5. The van der Waals surface area contributed by atoms with E-state index >= 15 is 0 Å². The van der Waals surface area contributed by atoms with Crippen LogP contribution < -0.4 is 0 Å². The molecular formula is C21H19N5O3. The van der Waals surface area contributed by atoms with Crippen molar-refractivity contribution >= 4 is 5.97 Å². The van der Waals surface area contributed by atoms with Crippen molar-refractivity contribution in [3.8, 4) is 22.5 Å². The molecule has 2 N–H and O–H groups in total. The maximum Gasteiger partial charge on any atom is 0.375 e. The first kappa shape index (κ1) is 18.5. The van der Waals surface area contributed by atoms with Crippen molar-refractivity contribution in [3.05, 3.63) is 71.1 Å². The first-order valence-electron chi connectivity index (χ1n) is 9.30.